The van der Waals surface area contributed by atoms with Crippen LogP contribution in [-0.2, 0) is 17.9 Å². The van der Waals surface area contributed by atoms with Gasteiger partial charge in [0.15, 0.2) is 0 Å². The molecule has 29 heavy (non-hydrogen) atoms. The summed E-state index contributed by atoms with van der Waals surface area (Å²) >= 11 is 0. The molecule has 0 aromatic heterocycles. The van der Waals surface area contributed by atoms with Gasteiger partial charge in [0.2, 0.25) is 5.91 Å². The molecular weight excluding hydrogens is 364 g/mol. The highest BCUT2D eigenvalue weighted by Crippen LogP contribution is 2.15. The van der Waals surface area contributed by atoms with E-state index in [9.17, 15) is 9.59 Å². The van der Waals surface area contributed by atoms with Crippen LogP contribution in [-0.4, -0.2) is 11.8 Å². The predicted molar refractivity (Wildman–Crippen MR) is 114 cm³/mol. The van der Waals surface area contributed by atoms with E-state index in [1.54, 1.807) is 24.3 Å². The zero-order valence-corrected chi connectivity index (χ0v) is 16.6. The minimum absolute atomic E-state index is 0.145. The minimum atomic E-state index is -0.167. The number of amides is 2. The van der Waals surface area contributed by atoms with Gasteiger partial charge in [-0.2, -0.15) is 0 Å². The average Bonchev–Trinajstić information content (AvgIpc) is 2.71. The van der Waals surface area contributed by atoms with Gasteiger partial charge in [0, 0.05) is 24.7 Å². The van der Waals surface area contributed by atoms with E-state index >= 15 is 0 Å². The second-order valence-electron chi connectivity index (χ2n) is 6.86. The number of anilines is 1. The first-order valence-electron chi connectivity index (χ1n) is 9.43. The lowest BCUT2D eigenvalue weighted by atomic mass is 10.1. The maximum absolute atomic E-state index is 12.3. The van der Waals surface area contributed by atoms with Crippen LogP contribution in [0, 0.1) is 6.92 Å². The molecular formula is C24H24N2O3. The third-order valence-corrected chi connectivity index (χ3v) is 4.33. The monoisotopic (exact) mass is 388 g/mol. The van der Waals surface area contributed by atoms with Gasteiger partial charge in [-0.05, 0) is 54.4 Å². The van der Waals surface area contributed by atoms with Gasteiger partial charge in [-0.1, -0.05) is 42.0 Å². The Balaban J connectivity index is 1.49. The van der Waals surface area contributed by atoms with E-state index in [1.807, 2.05) is 36.4 Å². The molecule has 3 aromatic carbocycles. The van der Waals surface area contributed by atoms with Crippen molar-refractivity contribution < 1.29 is 14.3 Å². The van der Waals surface area contributed by atoms with Crippen LogP contribution >= 0.6 is 0 Å². The van der Waals surface area contributed by atoms with Crippen molar-refractivity contribution in [3.63, 3.8) is 0 Å². The summed E-state index contributed by atoms with van der Waals surface area (Å²) in [7, 11) is 0. The Hall–Kier alpha value is -3.60. The van der Waals surface area contributed by atoms with Gasteiger partial charge in [0.1, 0.15) is 12.4 Å². The number of nitrogens with one attached hydrogen (secondary N) is 2. The molecule has 3 aromatic rings. The zero-order chi connectivity index (χ0) is 20.6. The highest BCUT2D eigenvalue weighted by atomic mass is 16.5. The van der Waals surface area contributed by atoms with E-state index in [0.29, 0.717) is 24.4 Å². The molecule has 0 radical (unpaired) electrons. The SMILES string of the molecule is CC(=O)Nc1ccc(C(=O)NCc2ccc(OCc3cccc(C)c3)cc2)cc1. The number of carbonyl (C=O) groups is 2. The van der Waals surface area contributed by atoms with Crippen LogP contribution in [0.15, 0.2) is 72.8 Å². The number of carbonyl (C=O) groups excluding carboxylic acids is 2. The van der Waals surface area contributed by atoms with Gasteiger partial charge in [0.25, 0.3) is 5.91 Å². The first kappa shape index (κ1) is 20.1. The van der Waals surface area contributed by atoms with Gasteiger partial charge in [0.05, 0.1) is 0 Å². The number of aryl methyl sites for hydroxylation is 1. The summed E-state index contributed by atoms with van der Waals surface area (Å²) in [5, 5.41) is 5.57. The molecule has 2 amide bonds. The molecule has 3 rings (SSSR count). The Bertz CT molecular complexity index is 980. The van der Waals surface area contributed by atoms with E-state index in [0.717, 1.165) is 16.9 Å². The Morgan fingerprint density at radius 2 is 1.62 bits per heavy atom. The predicted octanol–water partition coefficient (Wildman–Crippen LogP) is 4.46. The average molecular weight is 388 g/mol. The molecule has 0 saturated heterocycles. The summed E-state index contributed by atoms with van der Waals surface area (Å²) in [6.07, 6.45) is 0. The highest BCUT2D eigenvalue weighted by molar-refractivity contribution is 5.95. The number of rotatable bonds is 7. The van der Waals surface area contributed by atoms with E-state index in [2.05, 4.69) is 29.7 Å². The van der Waals surface area contributed by atoms with Crippen LogP contribution in [0.3, 0.4) is 0 Å². The Kier molecular flexibility index (Phi) is 6.63. The molecule has 0 aliphatic heterocycles. The van der Waals surface area contributed by atoms with E-state index in [1.165, 1.54) is 12.5 Å². The van der Waals surface area contributed by atoms with Crippen LogP contribution in [0.5, 0.6) is 5.75 Å². The highest BCUT2D eigenvalue weighted by Gasteiger charge is 2.06. The van der Waals surface area contributed by atoms with Crippen LogP contribution in [0.4, 0.5) is 5.69 Å². The largest absolute Gasteiger partial charge is 0.489 e. The summed E-state index contributed by atoms with van der Waals surface area (Å²) in [5.74, 6) is 0.475. The third kappa shape index (κ3) is 6.21. The van der Waals surface area contributed by atoms with E-state index < -0.39 is 0 Å². The van der Waals surface area contributed by atoms with Gasteiger partial charge >= 0.3 is 0 Å². The molecule has 0 aliphatic rings. The van der Waals surface area contributed by atoms with Crippen molar-refractivity contribution in [1.29, 1.82) is 0 Å². The molecule has 5 nitrogen and oxygen atoms in total. The Morgan fingerprint density at radius 3 is 2.28 bits per heavy atom. The second-order valence-corrected chi connectivity index (χ2v) is 6.86. The standard InChI is InChI=1S/C24H24N2O3/c1-17-4-3-5-20(14-17)16-29-23-12-6-19(7-13-23)15-25-24(28)21-8-10-22(11-9-21)26-18(2)27/h3-14H,15-16H2,1-2H3,(H,25,28)(H,26,27). The lowest BCUT2D eigenvalue weighted by Crippen LogP contribution is -2.22. The summed E-state index contributed by atoms with van der Waals surface area (Å²) in [6.45, 7) is 4.44. The first-order valence-corrected chi connectivity index (χ1v) is 9.43. The van der Waals surface area contributed by atoms with Crippen molar-refractivity contribution >= 4 is 17.5 Å². The number of ether oxygens (including phenoxy) is 1. The van der Waals surface area contributed by atoms with Crippen molar-refractivity contribution in [2.24, 2.45) is 0 Å². The van der Waals surface area contributed by atoms with Gasteiger partial charge in [-0.25, -0.2) is 0 Å². The number of hydrogen-bond donors (Lipinski definition) is 2. The molecule has 0 aliphatic carbocycles. The Labute approximate surface area is 170 Å². The van der Waals surface area contributed by atoms with Gasteiger partial charge < -0.3 is 15.4 Å². The van der Waals surface area contributed by atoms with Crippen LogP contribution in [0.25, 0.3) is 0 Å². The summed E-state index contributed by atoms with van der Waals surface area (Å²) in [5.41, 5.74) is 4.52. The fourth-order valence-electron chi connectivity index (χ4n) is 2.86. The minimum Gasteiger partial charge on any atom is -0.489 e. The summed E-state index contributed by atoms with van der Waals surface area (Å²) in [4.78, 5) is 23.3. The Morgan fingerprint density at radius 1 is 0.897 bits per heavy atom. The molecule has 2 N–H and O–H groups in total. The molecule has 0 heterocycles. The smallest absolute Gasteiger partial charge is 0.251 e. The molecule has 148 valence electrons. The molecule has 0 spiro atoms. The molecule has 0 fully saturated rings. The maximum atomic E-state index is 12.3. The van der Waals surface area contributed by atoms with Crippen molar-refractivity contribution in [3.05, 3.63) is 95.1 Å². The fourth-order valence-corrected chi connectivity index (χ4v) is 2.86. The molecule has 0 saturated carbocycles. The quantitative estimate of drug-likeness (QED) is 0.628. The summed E-state index contributed by atoms with van der Waals surface area (Å²) < 4.78 is 5.82. The van der Waals surface area contributed by atoms with Crippen molar-refractivity contribution in [1.82, 2.24) is 5.32 Å². The molecule has 0 unspecified atom stereocenters. The van der Waals surface area contributed by atoms with Crippen LogP contribution < -0.4 is 15.4 Å². The number of benzene rings is 3. The fraction of sp³-hybridized carbons (Fsp3) is 0.167. The van der Waals surface area contributed by atoms with Crippen molar-refractivity contribution in [2.75, 3.05) is 5.32 Å². The zero-order valence-electron chi connectivity index (χ0n) is 16.6. The maximum Gasteiger partial charge on any atom is 0.251 e. The van der Waals surface area contributed by atoms with E-state index in [4.69, 9.17) is 4.74 Å². The van der Waals surface area contributed by atoms with Crippen LogP contribution in [0.1, 0.15) is 34.0 Å². The van der Waals surface area contributed by atoms with Crippen molar-refractivity contribution in [2.45, 2.75) is 27.0 Å². The van der Waals surface area contributed by atoms with Crippen LogP contribution in [0.2, 0.25) is 0 Å². The third-order valence-electron chi connectivity index (χ3n) is 4.33. The van der Waals surface area contributed by atoms with Gasteiger partial charge in [-0.15, -0.1) is 0 Å². The number of hydrogen-bond acceptors (Lipinski definition) is 3. The second kappa shape index (κ2) is 9.55. The summed E-state index contributed by atoms with van der Waals surface area (Å²) in [6, 6.07) is 22.7. The van der Waals surface area contributed by atoms with Gasteiger partial charge in [-0.3, -0.25) is 9.59 Å². The normalized spacial score (nSPS) is 10.3. The first-order chi connectivity index (χ1) is 14.0. The molecule has 0 bridgehead atoms. The molecule has 0 atom stereocenters. The van der Waals surface area contributed by atoms with E-state index in [-0.39, 0.29) is 11.8 Å². The topological polar surface area (TPSA) is 67.4 Å². The lowest BCUT2D eigenvalue weighted by molar-refractivity contribution is -0.114. The molecule has 5 heteroatoms. The van der Waals surface area contributed by atoms with Crippen molar-refractivity contribution in [3.8, 4) is 5.75 Å². The lowest BCUT2D eigenvalue weighted by Gasteiger charge is -2.09.